The van der Waals surface area contributed by atoms with Crippen LogP contribution in [0.25, 0.3) is 0 Å². The Bertz CT molecular complexity index is 341. The Labute approximate surface area is 111 Å². The van der Waals surface area contributed by atoms with Gasteiger partial charge in [0.15, 0.2) is 0 Å². The predicted molar refractivity (Wildman–Crippen MR) is 69.6 cm³/mol. The number of ether oxygens (including phenoxy) is 1. The molecular weight excluding hydrogens is 343 g/mol. The summed E-state index contributed by atoms with van der Waals surface area (Å²) in [6.07, 6.45) is 2.60. The summed E-state index contributed by atoms with van der Waals surface area (Å²) in [6.45, 7) is 0.817. The molecule has 2 rings (SSSR count). The first-order chi connectivity index (χ1) is 7.20. The molecule has 0 heterocycles. The minimum Gasteiger partial charge on any atom is -0.491 e. The second-order valence-corrected chi connectivity index (χ2v) is 5.75. The summed E-state index contributed by atoms with van der Waals surface area (Å²) in [6, 6.07) is 4.00. The molecule has 0 aliphatic heterocycles. The summed E-state index contributed by atoms with van der Waals surface area (Å²) in [4.78, 5) is 0. The van der Waals surface area contributed by atoms with Crippen molar-refractivity contribution in [3.05, 3.63) is 26.6 Å². The topological polar surface area (TPSA) is 9.23 Å². The second kappa shape index (κ2) is 5.07. The van der Waals surface area contributed by atoms with Crippen LogP contribution in [0.2, 0.25) is 0 Å². The SMILES string of the molecule is ClCc1cc(Br)c(OCC2CC2)c(Br)c1. The average Bonchev–Trinajstić information content (AvgIpc) is 3.00. The molecule has 1 aliphatic carbocycles. The summed E-state index contributed by atoms with van der Waals surface area (Å²) in [5.74, 6) is 2.16. The van der Waals surface area contributed by atoms with Gasteiger partial charge in [-0.3, -0.25) is 0 Å². The van der Waals surface area contributed by atoms with E-state index >= 15 is 0 Å². The number of alkyl halides is 1. The van der Waals surface area contributed by atoms with Crippen LogP contribution in [0.1, 0.15) is 18.4 Å². The quantitative estimate of drug-likeness (QED) is 0.710. The van der Waals surface area contributed by atoms with E-state index in [4.69, 9.17) is 16.3 Å². The summed E-state index contributed by atoms with van der Waals surface area (Å²) in [5.41, 5.74) is 1.08. The highest BCUT2D eigenvalue weighted by atomic mass is 79.9. The number of hydrogen-bond acceptors (Lipinski definition) is 1. The number of rotatable bonds is 4. The lowest BCUT2D eigenvalue weighted by atomic mass is 10.2. The van der Waals surface area contributed by atoms with Crippen molar-refractivity contribution in [3.63, 3.8) is 0 Å². The summed E-state index contributed by atoms with van der Waals surface area (Å²) < 4.78 is 7.69. The Kier molecular flexibility index (Phi) is 3.97. The van der Waals surface area contributed by atoms with Crippen LogP contribution in [0.15, 0.2) is 21.1 Å². The van der Waals surface area contributed by atoms with Crippen LogP contribution in [-0.4, -0.2) is 6.61 Å². The van der Waals surface area contributed by atoms with Gasteiger partial charge in [-0.25, -0.2) is 0 Å². The fourth-order valence-electron chi connectivity index (χ4n) is 1.31. The number of halogens is 3. The molecule has 0 aromatic heterocycles. The smallest absolute Gasteiger partial charge is 0.147 e. The molecule has 0 unspecified atom stereocenters. The largest absolute Gasteiger partial charge is 0.491 e. The van der Waals surface area contributed by atoms with E-state index < -0.39 is 0 Å². The lowest BCUT2D eigenvalue weighted by Gasteiger charge is -2.11. The summed E-state index contributed by atoms with van der Waals surface area (Å²) in [7, 11) is 0. The fourth-order valence-corrected chi connectivity index (χ4v) is 2.98. The second-order valence-electron chi connectivity index (χ2n) is 3.78. The van der Waals surface area contributed by atoms with Crippen LogP contribution < -0.4 is 4.74 Å². The molecule has 0 saturated heterocycles. The van der Waals surface area contributed by atoms with Gasteiger partial charge < -0.3 is 4.74 Å². The van der Waals surface area contributed by atoms with Crippen molar-refractivity contribution >= 4 is 43.5 Å². The molecule has 1 nitrogen and oxygen atoms in total. The highest BCUT2D eigenvalue weighted by molar-refractivity contribution is 9.11. The van der Waals surface area contributed by atoms with Crippen LogP contribution in [-0.2, 0) is 5.88 Å². The molecule has 0 radical (unpaired) electrons. The molecule has 1 aromatic rings. The summed E-state index contributed by atoms with van der Waals surface area (Å²) in [5, 5.41) is 0. The molecule has 0 amide bonds. The lowest BCUT2D eigenvalue weighted by molar-refractivity contribution is 0.296. The molecular formula is C11H11Br2ClO. The van der Waals surface area contributed by atoms with Gasteiger partial charge in [-0.05, 0) is 68.3 Å². The molecule has 0 bridgehead atoms. The van der Waals surface area contributed by atoms with E-state index in [-0.39, 0.29) is 0 Å². The third-order valence-electron chi connectivity index (χ3n) is 2.37. The van der Waals surface area contributed by atoms with Crippen molar-refractivity contribution < 1.29 is 4.74 Å². The highest BCUT2D eigenvalue weighted by Crippen LogP contribution is 2.37. The zero-order valence-corrected chi connectivity index (χ0v) is 12.0. The normalized spacial score (nSPS) is 15.4. The van der Waals surface area contributed by atoms with E-state index in [2.05, 4.69) is 31.9 Å². The maximum Gasteiger partial charge on any atom is 0.147 e. The Balaban J connectivity index is 2.13. The molecule has 0 atom stereocenters. The first-order valence-electron chi connectivity index (χ1n) is 4.87. The van der Waals surface area contributed by atoms with Gasteiger partial charge in [-0.15, -0.1) is 11.6 Å². The van der Waals surface area contributed by atoms with Crippen molar-refractivity contribution in [3.8, 4) is 5.75 Å². The lowest BCUT2D eigenvalue weighted by Crippen LogP contribution is -2.00. The summed E-state index contributed by atoms with van der Waals surface area (Å²) >= 11 is 12.8. The third kappa shape index (κ3) is 3.11. The molecule has 15 heavy (non-hydrogen) atoms. The standard InChI is InChI=1S/C11H11Br2ClO/c12-9-3-8(5-14)4-10(13)11(9)15-6-7-1-2-7/h3-4,7H,1-2,5-6H2. The first-order valence-corrected chi connectivity index (χ1v) is 6.99. The van der Waals surface area contributed by atoms with Gasteiger partial charge in [-0.1, -0.05) is 0 Å². The van der Waals surface area contributed by atoms with Crippen molar-refractivity contribution in [2.24, 2.45) is 5.92 Å². The molecule has 1 aliphatic rings. The molecule has 4 heteroatoms. The zero-order chi connectivity index (χ0) is 10.8. The van der Waals surface area contributed by atoms with Gasteiger partial charge in [0.25, 0.3) is 0 Å². The van der Waals surface area contributed by atoms with Crippen LogP contribution in [0, 0.1) is 5.92 Å². The highest BCUT2D eigenvalue weighted by Gasteiger charge is 2.22. The maximum absolute atomic E-state index is 5.78. The Morgan fingerprint density at radius 3 is 2.33 bits per heavy atom. The predicted octanol–water partition coefficient (Wildman–Crippen LogP) is 4.74. The van der Waals surface area contributed by atoms with Crippen molar-refractivity contribution in [2.45, 2.75) is 18.7 Å². The van der Waals surface area contributed by atoms with Crippen molar-refractivity contribution in [1.29, 1.82) is 0 Å². The van der Waals surface area contributed by atoms with Crippen LogP contribution >= 0.6 is 43.5 Å². The van der Waals surface area contributed by atoms with Crippen LogP contribution in [0.3, 0.4) is 0 Å². The maximum atomic E-state index is 5.78. The Hall–Kier alpha value is 0.270. The van der Waals surface area contributed by atoms with E-state index in [0.717, 1.165) is 32.8 Å². The molecule has 1 aromatic carbocycles. The fraction of sp³-hybridized carbons (Fsp3) is 0.455. The molecule has 1 saturated carbocycles. The van der Waals surface area contributed by atoms with Gasteiger partial charge in [0.05, 0.1) is 15.6 Å². The van der Waals surface area contributed by atoms with E-state index in [1.807, 2.05) is 12.1 Å². The van der Waals surface area contributed by atoms with Gasteiger partial charge in [0.1, 0.15) is 5.75 Å². The Morgan fingerprint density at radius 2 is 1.87 bits per heavy atom. The monoisotopic (exact) mass is 352 g/mol. The van der Waals surface area contributed by atoms with Gasteiger partial charge >= 0.3 is 0 Å². The number of hydrogen-bond donors (Lipinski definition) is 0. The Morgan fingerprint density at radius 1 is 1.27 bits per heavy atom. The van der Waals surface area contributed by atoms with E-state index in [1.165, 1.54) is 12.8 Å². The average molecular weight is 354 g/mol. The van der Waals surface area contributed by atoms with E-state index in [9.17, 15) is 0 Å². The third-order valence-corrected chi connectivity index (χ3v) is 3.86. The molecule has 0 spiro atoms. The van der Waals surface area contributed by atoms with Gasteiger partial charge in [0, 0.05) is 5.88 Å². The van der Waals surface area contributed by atoms with E-state index in [1.54, 1.807) is 0 Å². The molecule has 0 N–H and O–H groups in total. The van der Waals surface area contributed by atoms with Crippen molar-refractivity contribution in [2.75, 3.05) is 6.61 Å². The number of benzene rings is 1. The first kappa shape index (κ1) is 11.7. The van der Waals surface area contributed by atoms with Crippen LogP contribution in [0.4, 0.5) is 0 Å². The van der Waals surface area contributed by atoms with Gasteiger partial charge in [0.2, 0.25) is 0 Å². The van der Waals surface area contributed by atoms with Crippen molar-refractivity contribution in [1.82, 2.24) is 0 Å². The van der Waals surface area contributed by atoms with E-state index in [0.29, 0.717) is 5.88 Å². The minimum absolute atomic E-state index is 0.514. The molecule has 1 fully saturated rings. The molecule has 82 valence electrons. The van der Waals surface area contributed by atoms with Gasteiger partial charge in [-0.2, -0.15) is 0 Å². The van der Waals surface area contributed by atoms with Crippen LogP contribution in [0.5, 0.6) is 5.75 Å². The zero-order valence-electron chi connectivity index (χ0n) is 8.10. The minimum atomic E-state index is 0.514.